The standard InChI is InChI=1S/C13H15NS2/c1-14-13(12-4-3-9-16-12)10-5-7-11(15-2)8-6-10/h3-9,13-14H,1-2H3. The van der Waals surface area contributed by atoms with Crippen LogP contribution in [0.4, 0.5) is 0 Å². The first kappa shape index (κ1) is 11.7. The zero-order valence-corrected chi connectivity index (χ0v) is 11.1. The highest BCUT2D eigenvalue weighted by molar-refractivity contribution is 7.98. The molecule has 2 rings (SSSR count). The van der Waals surface area contributed by atoms with E-state index in [9.17, 15) is 0 Å². The van der Waals surface area contributed by atoms with Crippen molar-refractivity contribution < 1.29 is 0 Å². The van der Waals surface area contributed by atoms with Crippen LogP contribution in [0.5, 0.6) is 0 Å². The SMILES string of the molecule is CNC(c1ccc(SC)cc1)c1cccs1. The van der Waals surface area contributed by atoms with Gasteiger partial charge < -0.3 is 5.32 Å². The summed E-state index contributed by atoms with van der Waals surface area (Å²) in [6, 6.07) is 13.3. The molecule has 1 nitrogen and oxygen atoms in total. The Morgan fingerprint density at radius 3 is 2.44 bits per heavy atom. The van der Waals surface area contributed by atoms with E-state index in [0.29, 0.717) is 6.04 Å². The second-order valence-corrected chi connectivity index (χ2v) is 5.37. The molecular weight excluding hydrogens is 234 g/mol. The van der Waals surface area contributed by atoms with Gasteiger partial charge in [-0.3, -0.25) is 0 Å². The minimum Gasteiger partial charge on any atom is -0.309 e. The van der Waals surface area contributed by atoms with E-state index < -0.39 is 0 Å². The van der Waals surface area contributed by atoms with Gasteiger partial charge in [0.15, 0.2) is 0 Å². The Morgan fingerprint density at radius 1 is 1.19 bits per heavy atom. The number of benzene rings is 1. The lowest BCUT2D eigenvalue weighted by Gasteiger charge is -2.15. The minimum absolute atomic E-state index is 0.316. The minimum atomic E-state index is 0.316. The van der Waals surface area contributed by atoms with Crippen molar-refractivity contribution >= 4 is 23.1 Å². The lowest BCUT2D eigenvalue weighted by Crippen LogP contribution is -2.16. The predicted molar refractivity (Wildman–Crippen MR) is 73.4 cm³/mol. The number of hydrogen-bond donors (Lipinski definition) is 1. The Balaban J connectivity index is 2.27. The number of thioether (sulfide) groups is 1. The first-order valence-corrected chi connectivity index (χ1v) is 7.30. The molecular formula is C13H15NS2. The second kappa shape index (κ2) is 5.53. The monoisotopic (exact) mass is 249 g/mol. The van der Waals surface area contributed by atoms with Gasteiger partial charge >= 0.3 is 0 Å². The summed E-state index contributed by atoms with van der Waals surface area (Å²) < 4.78 is 0. The number of nitrogens with one attached hydrogen (secondary N) is 1. The molecule has 0 radical (unpaired) electrons. The average Bonchev–Trinajstić information content (AvgIpc) is 2.85. The zero-order valence-electron chi connectivity index (χ0n) is 9.44. The lowest BCUT2D eigenvalue weighted by atomic mass is 10.1. The fraction of sp³-hybridized carbons (Fsp3) is 0.231. The van der Waals surface area contributed by atoms with Crippen LogP contribution in [-0.2, 0) is 0 Å². The Hall–Kier alpha value is -0.770. The van der Waals surface area contributed by atoms with Crippen LogP contribution < -0.4 is 5.32 Å². The Morgan fingerprint density at radius 2 is 1.94 bits per heavy atom. The summed E-state index contributed by atoms with van der Waals surface area (Å²) in [4.78, 5) is 2.67. The van der Waals surface area contributed by atoms with Gasteiger partial charge in [-0.2, -0.15) is 0 Å². The number of hydrogen-bond acceptors (Lipinski definition) is 3. The maximum atomic E-state index is 3.36. The van der Waals surface area contributed by atoms with E-state index in [-0.39, 0.29) is 0 Å². The van der Waals surface area contributed by atoms with Crippen molar-refractivity contribution in [2.45, 2.75) is 10.9 Å². The normalized spacial score (nSPS) is 12.6. The van der Waals surface area contributed by atoms with Gasteiger partial charge in [-0.25, -0.2) is 0 Å². The summed E-state index contributed by atoms with van der Waals surface area (Å²) in [5.74, 6) is 0. The fourth-order valence-electron chi connectivity index (χ4n) is 1.73. The van der Waals surface area contributed by atoms with E-state index in [1.807, 2.05) is 7.05 Å². The smallest absolute Gasteiger partial charge is 0.0668 e. The van der Waals surface area contributed by atoms with Gasteiger partial charge in [-0.15, -0.1) is 23.1 Å². The summed E-state index contributed by atoms with van der Waals surface area (Å²) >= 11 is 3.57. The Bertz CT molecular complexity index is 420. The molecule has 0 aliphatic rings. The summed E-state index contributed by atoms with van der Waals surface area (Å²) in [6.45, 7) is 0. The van der Waals surface area contributed by atoms with Crippen molar-refractivity contribution in [1.29, 1.82) is 0 Å². The molecule has 1 N–H and O–H groups in total. The van der Waals surface area contributed by atoms with E-state index in [1.54, 1.807) is 23.1 Å². The van der Waals surface area contributed by atoms with E-state index >= 15 is 0 Å². The van der Waals surface area contributed by atoms with Crippen molar-refractivity contribution in [2.24, 2.45) is 0 Å². The Labute approximate surface area is 105 Å². The van der Waals surface area contributed by atoms with Crippen LogP contribution in [-0.4, -0.2) is 13.3 Å². The van der Waals surface area contributed by atoms with Crippen LogP contribution in [0, 0.1) is 0 Å². The molecule has 0 spiro atoms. The second-order valence-electron chi connectivity index (χ2n) is 3.51. The topological polar surface area (TPSA) is 12.0 Å². The van der Waals surface area contributed by atoms with Crippen molar-refractivity contribution in [2.75, 3.05) is 13.3 Å². The molecule has 1 atom stereocenters. The third-order valence-electron chi connectivity index (χ3n) is 2.57. The third-order valence-corrected chi connectivity index (χ3v) is 4.25. The molecule has 1 unspecified atom stereocenters. The molecule has 16 heavy (non-hydrogen) atoms. The molecule has 0 aliphatic carbocycles. The Kier molecular flexibility index (Phi) is 4.04. The number of rotatable bonds is 4. The molecule has 2 aromatic rings. The van der Waals surface area contributed by atoms with Gasteiger partial charge in [0.2, 0.25) is 0 Å². The quantitative estimate of drug-likeness (QED) is 0.828. The van der Waals surface area contributed by atoms with Gasteiger partial charge in [0, 0.05) is 9.77 Å². The van der Waals surface area contributed by atoms with Crippen LogP contribution in [0.2, 0.25) is 0 Å². The largest absolute Gasteiger partial charge is 0.309 e. The number of thiophene rings is 1. The molecule has 0 saturated heterocycles. The molecule has 0 fully saturated rings. The zero-order chi connectivity index (χ0) is 11.4. The van der Waals surface area contributed by atoms with Gasteiger partial charge in [0.1, 0.15) is 0 Å². The van der Waals surface area contributed by atoms with Gasteiger partial charge in [0.25, 0.3) is 0 Å². The molecule has 1 heterocycles. The highest BCUT2D eigenvalue weighted by atomic mass is 32.2. The van der Waals surface area contributed by atoms with Crippen molar-refractivity contribution in [1.82, 2.24) is 5.32 Å². The van der Waals surface area contributed by atoms with Gasteiger partial charge in [0.05, 0.1) is 6.04 Å². The summed E-state index contributed by atoms with van der Waals surface area (Å²) in [6.07, 6.45) is 2.10. The fourth-order valence-corrected chi connectivity index (χ4v) is 2.99. The summed E-state index contributed by atoms with van der Waals surface area (Å²) in [5.41, 5.74) is 1.32. The molecule has 0 saturated carbocycles. The maximum Gasteiger partial charge on any atom is 0.0668 e. The molecule has 1 aromatic carbocycles. The molecule has 3 heteroatoms. The predicted octanol–water partition coefficient (Wildman–Crippen LogP) is 3.78. The van der Waals surface area contributed by atoms with Crippen LogP contribution >= 0.6 is 23.1 Å². The highest BCUT2D eigenvalue weighted by Gasteiger charge is 2.12. The third kappa shape index (κ3) is 2.48. The van der Waals surface area contributed by atoms with E-state index in [0.717, 1.165) is 0 Å². The van der Waals surface area contributed by atoms with E-state index in [1.165, 1.54) is 15.3 Å². The van der Waals surface area contributed by atoms with E-state index in [2.05, 4.69) is 53.4 Å². The average molecular weight is 249 g/mol. The molecule has 0 aliphatic heterocycles. The van der Waals surface area contributed by atoms with Crippen molar-refractivity contribution in [3.63, 3.8) is 0 Å². The van der Waals surface area contributed by atoms with Crippen molar-refractivity contribution in [3.05, 3.63) is 52.2 Å². The summed E-state index contributed by atoms with van der Waals surface area (Å²) in [5, 5.41) is 5.48. The van der Waals surface area contributed by atoms with Crippen LogP contribution in [0.3, 0.4) is 0 Å². The molecule has 0 bridgehead atoms. The summed E-state index contributed by atoms with van der Waals surface area (Å²) in [7, 11) is 2.01. The first-order valence-electron chi connectivity index (χ1n) is 5.19. The lowest BCUT2D eigenvalue weighted by molar-refractivity contribution is 0.703. The van der Waals surface area contributed by atoms with Crippen LogP contribution in [0.1, 0.15) is 16.5 Å². The van der Waals surface area contributed by atoms with Gasteiger partial charge in [-0.05, 0) is 42.4 Å². The highest BCUT2D eigenvalue weighted by Crippen LogP contribution is 2.27. The first-order chi connectivity index (χ1) is 7.85. The van der Waals surface area contributed by atoms with Crippen molar-refractivity contribution in [3.8, 4) is 0 Å². The van der Waals surface area contributed by atoms with E-state index in [4.69, 9.17) is 0 Å². The van der Waals surface area contributed by atoms with Crippen LogP contribution in [0.25, 0.3) is 0 Å². The van der Waals surface area contributed by atoms with Gasteiger partial charge in [-0.1, -0.05) is 18.2 Å². The maximum absolute atomic E-state index is 3.36. The molecule has 84 valence electrons. The van der Waals surface area contributed by atoms with Crippen LogP contribution in [0.15, 0.2) is 46.7 Å². The molecule has 0 amide bonds. The molecule has 1 aromatic heterocycles.